The first-order valence-electron chi connectivity index (χ1n) is 9.32. The molecule has 3 aromatic rings. The number of hydrogen-bond acceptors (Lipinski definition) is 3. The lowest BCUT2D eigenvalue weighted by atomic mass is 10.1. The molecule has 1 aliphatic heterocycles. The number of hydrogen-bond donors (Lipinski definition) is 1. The van der Waals surface area contributed by atoms with Gasteiger partial charge in [0.2, 0.25) is 0 Å². The molecule has 1 amide bonds. The fraction of sp³-hybridized carbons (Fsp3) is 0.273. The molecule has 144 valence electrons. The molecule has 5 nitrogen and oxygen atoms in total. The van der Waals surface area contributed by atoms with Gasteiger partial charge < -0.3 is 10.1 Å². The molecule has 1 N–H and O–H groups in total. The Morgan fingerprint density at radius 2 is 1.96 bits per heavy atom. The quantitative estimate of drug-likeness (QED) is 0.712. The zero-order valence-electron chi connectivity index (χ0n) is 15.9. The monoisotopic (exact) mass is 395 g/mol. The van der Waals surface area contributed by atoms with Crippen molar-refractivity contribution < 1.29 is 9.53 Å². The molecule has 1 unspecified atom stereocenters. The lowest BCUT2D eigenvalue weighted by molar-refractivity contribution is 0.0933. The fourth-order valence-corrected chi connectivity index (χ4v) is 3.77. The largest absolute Gasteiger partial charge is 0.488 e. The molecular formula is C22H22ClN3O2. The number of aromatic nitrogens is 2. The SMILES string of the molecule is Cc1ccc(Cn2nc(C)c(C(=O)NCC3Cc4ccccc4O3)c2Cl)cc1. The second-order valence-corrected chi connectivity index (χ2v) is 7.51. The zero-order chi connectivity index (χ0) is 19.7. The van der Waals surface area contributed by atoms with Crippen molar-refractivity contribution in [2.24, 2.45) is 0 Å². The third kappa shape index (κ3) is 3.76. The highest BCUT2D eigenvalue weighted by Crippen LogP contribution is 2.28. The summed E-state index contributed by atoms with van der Waals surface area (Å²) in [6, 6.07) is 16.1. The van der Waals surface area contributed by atoms with Crippen molar-refractivity contribution in [2.45, 2.75) is 32.9 Å². The highest BCUT2D eigenvalue weighted by molar-refractivity contribution is 6.33. The second-order valence-electron chi connectivity index (χ2n) is 7.16. The van der Waals surface area contributed by atoms with Crippen molar-refractivity contribution in [2.75, 3.05) is 6.54 Å². The summed E-state index contributed by atoms with van der Waals surface area (Å²) in [4.78, 5) is 12.7. The first-order chi connectivity index (χ1) is 13.5. The lowest BCUT2D eigenvalue weighted by Gasteiger charge is -2.12. The molecule has 0 spiro atoms. The Kier molecular flexibility index (Phi) is 5.09. The van der Waals surface area contributed by atoms with Gasteiger partial charge in [0.15, 0.2) is 0 Å². The number of benzene rings is 2. The van der Waals surface area contributed by atoms with E-state index >= 15 is 0 Å². The molecule has 6 heteroatoms. The zero-order valence-corrected chi connectivity index (χ0v) is 16.7. The van der Waals surface area contributed by atoms with Crippen molar-refractivity contribution in [3.8, 4) is 5.75 Å². The molecule has 0 aliphatic carbocycles. The van der Waals surface area contributed by atoms with Crippen LogP contribution in [0.3, 0.4) is 0 Å². The maximum absolute atomic E-state index is 12.7. The molecule has 4 rings (SSSR count). The minimum absolute atomic E-state index is 0.0666. The van der Waals surface area contributed by atoms with E-state index < -0.39 is 0 Å². The predicted molar refractivity (Wildman–Crippen MR) is 109 cm³/mol. The number of halogens is 1. The average Bonchev–Trinajstić information content (AvgIpc) is 3.22. The molecule has 0 fully saturated rings. The first-order valence-corrected chi connectivity index (χ1v) is 9.70. The normalized spacial score (nSPS) is 15.2. The summed E-state index contributed by atoms with van der Waals surface area (Å²) in [6.45, 7) is 4.79. The number of carbonyl (C=O) groups excluding carboxylic acids is 1. The Bertz CT molecular complexity index is 986. The molecule has 0 bridgehead atoms. The molecule has 1 atom stereocenters. The van der Waals surface area contributed by atoms with Crippen LogP contribution in [0.5, 0.6) is 5.75 Å². The Morgan fingerprint density at radius 3 is 2.71 bits per heavy atom. The number of aryl methyl sites for hydroxylation is 2. The van der Waals surface area contributed by atoms with Crippen molar-refractivity contribution in [1.82, 2.24) is 15.1 Å². The number of amides is 1. The van der Waals surface area contributed by atoms with Crippen LogP contribution >= 0.6 is 11.6 Å². The third-order valence-corrected chi connectivity index (χ3v) is 5.33. The van der Waals surface area contributed by atoms with Crippen LogP contribution < -0.4 is 10.1 Å². The van der Waals surface area contributed by atoms with Gasteiger partial charge in [-0.3, -0.25) is 4.79 Å². The van der Waals surface area contributed by atoms with Crippen LogP contribution in [0.1, 0.15) is 32.7 Å². The third-order valence-electron chi connectivity index (χ3n) is 4.95. The van der Waals surface area contributed by atoms with Gasteiger partial charge in [-0.1, -0.05) is 59.6 Å². The molecule has 1 aliphatic rings. The maximum atomic E-state index is 12.7. The van der Waals surface area contributed by atoms with Gasteiger partial charge in [-0.05, 0) is 31.0 Å². The summed E-state index contributed by atoms with van der Waals surface area (Å²) < 4.78 is 7.54. The van der Waals surface area contributed by atoms with Crippen LogP contribution in [-0.2, 0) is 13.0 Å². The fourth-order valence-electron chi connectivity index (χ4n) is 3.45. The van der Waals surface area contributed by atoms with Crippen LogP contribution in [0.4, 0.5) is 0 Å². The van der Waals surface area contributed by atoms with Crippen LogP contribution in [0, 0.1) is 13.8 Å². The number of nitrogens with zero attached hydrogens (tertiary/aromatic N) is 2. The van der Waals surface area contributed by atoms with Crippen molar-refractivity contribution >= 4 is 17.5 Å². The number of nitrogens with one attached hydrogen (secondary N) is 1. The van der Waals surface area contributed by atoms with E-state index in [-0.39, 0.29) is 12.0 Å². The molecule has 0 saturated heterocycles. The van der Waals surface area contributed by atoms with E-state index in [9.17, 15) is 4.79 Å². The lowest BCUT2D eigenvalue weighted by Crippen LogP contribution is -2.34. The van der Waals surface area contributed by atoms with Gasteiger partial charge in [0.05, 0.1) is 24.3 Å². The van der Waals surface area contributed by atoms with Gasteiger partial charge in [-0.25, -0.2) is 4.68 Å². The Hall–Kier alpha value is -2.79. The van der Waals surface area contributed by atoms with E-state index in [1.54, 1.807) is 11.6 Å². The maximum Gasteiger partial charge on any atom is 0.256 e. The van der Waals surface area contributed by atoms with E-state index in [0.29, 0.717) is 29.5 Å². The Morgan fingerprint density at radius 1 is 1.21 bits per heavy atom. The van der Waals surface area contributed by atoms with Gasteiger partial charge in [0, 0.05) is 6.42 Å². The summed E-state index contributed by atoms with van der Waals surface area (Å²) >= 11 is 6.48. The standard InChI is InChI=1S/C22H22ClN3O2/c1-14-7-9-16(10-8-14)13-26-21(23)20(15(2)25-26)22(27)24-12-18-11-17-5-3-4-6-19(17)28-18/h3-10,18H,11-13H2,1-2H3,(H,24,27). The van der Waals surface area contributed by atoms with Gasteiger partial charge in [-0.15, -0.1) is 0 Å². The van der Waals surface area contributed by atoms with Crippen molar-refractivity contribution in [3.63, 3.8) is 0 Å². The van der Waals surface area contributed by atoms with Crippen LogP contribution in [0.15, 0.2) is 48.5 Å². The highest BCUT2D eigenvalue weighted by atomic mass is 35.5. The summed E-state index contributed by atoms with van der Waals surface area (Å²) in [5, 5.41) is 7.75. The molecule has 0 saturated carbocycles. The summed E-state index contributed by atoms with van der Waals surface area (Å²) in [7, 11) is 0. The van der Waals surface area contributed by atoms with E-state index in [0.717, 1.165) is 17.7 Å². The van der Waals surface area contributed by atoms with E-state index in [1.807, 2.05) is 55.5 Å². The number of ether oxygens (including phenoxy) is 1. The van der Waals surface area contributed by atoms with E-state index in [4.69, 9.17) is 16.3 Å². The molecular weight excluding hydrogens is 374 g/mol. The number of rotatable bonds is 5. The average molecular weight is 396 g/mol. The Balaban J connectivity index is 1.42. The van der Waals surface area contributed by atoms with Gasteiger partial charge in [0.25, 0.3) is 5.91 Å². The number of para-hydroxylation sites is 1. The molecule has 2 aromatic carbocycles. The van der Waals surface area contributed by atoms with Crippen molar-refractivity contribution in [3.05, 3.63) is 81.6 Å². The van der Waals surface area contributed by atoms with E-state index in [2.05, 4.69) is 10.4 Å². The topological polar surface area (TPSA) is 56.2 Å². The minimum Gasteiger partial charge on any atom is -0.488 e. The molecule has 28 heavy (non-hydrogen) atoms. The van der Waals surface area contributed by atoms with Gasteiger partial charge in [0.1, 0.15) is 17.0 Å². The smallest absolute Gasteiger partial charge is 0.256 e. The predicted octanol–water partition coefficient (Wildman–Crippen LogP) is 3.94. The highest BCUT2D eigenvalue weighted by Gasteiger charge is 2.25. The molecule has 0 radical (unpaired) electrons. The van der Waals surface area contributed by atoms with Gasteiger partial charge >= 0.3 is 0 Å². The van der Waals surface area contributed by atoms with Gasteiger partial charge in [-0.2, -0.15) is 5.10 Å². The number of carbonyl (C=O) groups is 1. The summed E-state index contributed by atoms with van der Waals surface area (Å²) in [6.07, 6.45) is 0.721. The molecule has 1 aromatic heterocycles. The minimum atomic E-state index is -0.225. The van der Waals surface area contributed by atoms with Crippen molar-refractivity contribution in [1.29, 1.82) is 0 Å². The van der Waals surface area contributed by atoms with E-state index in [1.165, 1.54) is 11.1 Å². The summed E-state index contributed by atoms with van der Waals surface area (Å²) in [5.74, 6) is 0.666. The van der Waals surface area contributed by atoms with Crippen LogP contribution in [0.2, 0.25) is 5.15 Å². The van der Waals surface area contributed by atoms with Crippen LogP contribution in [0.25, 0.3) is 0 Å². The second kappa shape index (κ2) is 7.68. The first kappa shape index (κ1) is 18.6. The summed E-state index contributed by atoms with van der Waals surface area (Å²) in [5.41, 5.74) is 4.48. The molecule has 2 heterocycles. The number of fused-ring (bicyclic) bond motifs is 1. The van der Waals surface area contributed by atoms with Crippen LogP contribution in [-0.4, -0.2) is 28.3 Å². The Labute approximate surface area is 169 Å².